The van der Waals surface area contributed by atoms with Crippen LogP contribution < -0.4 is 10.9 Å². The second-order valence-electron chi connectivity index (χ2n) is 5.44. The number of aliphatic carboxylic acids is 1. The number of hydrogen-bond acceptors (Lipinski definition) is 4. The SMILES string of the molecule is CC1=C(C)C[C@@H](C(=O)NNC(=O)c2cccs2)[C@H](C(=O)O)C1. The molecular weight excluding hydrogens is 304 g/mol. The zero-order chi connectivity index (χ0) is 16.3. The molecule has 2 amide bonds. The lowest BCUT2D eigenvalue weighted by Crippen LogP contribution is -2.47. The van der Waals surface area contributed by atoms with Gasteiger partial charge in [-0.2, -0.15) is 0 Å². The Kier molecular flexibility index (Phi) is 4.97. The summed E-state index contributed by atoms with van der Waals surface area (Å²) in [4.78, 5) is 35.9. The van der Waals surface area contributed by atoms with Gasteiger partial charge in [0.05, 0.1) is 16.7 Å². The monoisotopic (exact) mass is 322 g/mol. The number of carboxylic acids is 1. The molecule has 1 heterocycles. The molecule has 7 heteroatoms. The lowest BCUT2D eigenvalue weighted by Gasteiger charge is -2.29. The number of rotatable bonds is 3. The number of thiophene rings is 1. The van der Waals surface area contributed by atoms with Crippen molar-refractivity contribution in [1.29, 1.82) is 0 Å². The van der Waals surface area contributed by atoms with Crippen LogP contribution in [-0.4, -0.2) is 22.9 Å². The third-order valence-corrected chi connectivity index (χ3v) is 4.83. The molecule has 0 fully saturated rings. The predicted octanol–water partition coefficient (Wildman–Crippen LogP) is 1.96. The van der Waals surface area contributed by atoms with E-state index < -0.39 is 29.6 Å². The van der Waals surface area contributed by atoms with Crippen LogP contribution in [0.25, 0.3) is 0 Å². The van der Waals surface area contributed by atoms with Gasteiger partial charge in [0.15, 0.2) is 0 Å². The Bertz CT molecular complexity index is 621. The Morgan fingerprint density at radius 1 is 1.14 bits per heavy atom. The largest absolute Gasteiger partial charge is 0.481 e. The molecular formula is C15H18N2O4S. The Balaban J connectivity index is 2.01. The van der Waals surface area contributed by atoms with Gasteiger partial charge in [-0.05, 0) is 38.1 Å². The number of allylic oxidation sites excluding steroid dienone is 2. The minimum Gasteiger partial charge on any atom is -0.481 e. The Hall–Kier alpha value is -2.15. The van der Waals surface area contributed by atoms with Gasteiger partial charge in [-0.15, -0.1) is 11.3 Å². The van der Waals surface area contributed by atoms with Gasteiger partial charge in [-0.25, -0.2) is 0 Å². The number of nitrogens with one attached hydrogen (secondary N) is 2. The number of carbonyl (C=O) groups is 3. The predicted molar refractivity (Wildman–Crippen MR) is 82.2 cm³/mol. The van der Waals surface area contributed by atoms with Crippen LogP contribution >= 0.6 is 11.3 Å². The molecule has 118 valence electrons. The van der Waals surface area contributed by atoms with E-state index in [9.17, 15) is 19.5 Å². The number of hydrogen-bond donors (Lipinski definition) is 3. The van der Waals surface area contributed by atoms with E-state index in [1.54, 1.807) is 17.5 Å². The summed E-state index contributed by atoms with van der Waals surface area (Å²) in [5.41, 5.74) is 6.72. The van der Waals surface area contributed by atoms with Crippen molar-refractivity contribution in [3.8, 4) is 0 Å². The highest BCUT2D eigenvalue weighted by atomic mass is 32.1. The quantitative estimate of drug-likeness (QED) is 0.585. The minimum absolute atomic E-state index is 0.359. The van der Waals surface area contributed by atoms with Gasteiger partial charge < -0.3 is 5.11 Å². The molecule has 0 unspecified atom stereocenters. The van der Waals surface area contributed by atoms with E-state index in [1.165, 1.54) is 11.3 Å². The molecule has 22 heavy (non-hydrogen) atoms. The molecule has 0 bridgehead atoms. The molecule has 0 saturated carbocycles. The average molecular weight is 322 g/mol. The van der Waals surface area contributed by atoms with Gasteiger partial charge in [0, 0.05) is 0 Å². The molecule has 0 spiro atoms. The van der Waals surface area contributed by atoms with Crippen molar-refractivity contribution in [3.63, 3.8) is 0 Å². The first kappa shape index (κ1) is 16.2. The number of carbonyl (C=O) groups excluding carboxylic acids is 2. The summed E-state index contributed by atoms with van der Waals surface area (Å²) in [5.74, 6) is -3.30. The van der Waals surface area contributed by atoms with Crippen molar-refractivity contribution >= 4 is 29.1 Å². The standard InChI is InChI=1S/C15H18N2O4S/c1-8-6-10(11(15(20)21)7-9(8)2)13(18)16-17-14(19)12-4-3-5-22-12/h3-5,10-11H,6-7H2,1-2H3,(H,16,18)(H,17,19)(H,20,21)/t10-,11-/m1/s1. The third-order valence-electron chi connectivity index (χ3n) is 3.96. The first-order valence-corrected chi connectivity index (χ1v) is 7.80. The zero-order valence-corrected chi connectivity index (χ0v) is 13.2. The molecule has 1 aromatic rings. The topological polar surface area (TPSA) is 95.5 Å². The molecule has 1 aliphatic rings. The summed E-state index contributed by atoms with van der Waals surface area (Å²) >= 11 is 1.26. The Labute approximate surface area is 132 Å². The summed E-state index contributed by atoms with van der Waals surface area (Å²) in [6.07, 6.45) is 0.752. The van der Waals surface area contributed by atoms with E-state index >= 15 is 0 Å². The zero-order valence-electron chi connectivity index (χ0n) is 12.4. The van der Waals surface area contributed by atoms with Crippen molar-refractivity contribution in [2.24, 2.45) is 11.8 Å². The van der Waals surface area contributed by atoms with Gasteiger partial charge in [0.2, 0.25) is 5.91 Å². The smallest absolute Gasteiger partial charge is 0.307 e. The summed E-state index contributed by atoms with van der Waals surface area (Å²) in [5, 5.41) is 11.1. The van der Waals surface area contributed by atoms with Crippen LogP contribution in [0.1, 0.15) is 36.4 Å². The highest BCUT2D eigenvalue weighted by Crippen LogP contribution is 2.34. The number of amides is 2. The average Bonchev–Trinajstić information content (AvgIpc) is 3.00. The highest BCUT2D eigenvalue weighted by molar-refractivity contribution is 7.12. The van der Waals surface area contributed by atoms with Crippen molar-refractivity contribution < 1.29 is 19.5 Å². The molecule has 2 atom stereocenters. The maximum absolute atomic E-state index is 12.2. The molecule has 0 radical (unpaired) electrons. The molecule has 0 aliphatic heterocycles. The van der Waals surface area contributed by atoms with Crippen LogP contribution in [-0.2, 0) is 9.59 Å². The summed E-state index contributed by atoms with van der Waals surface area (Å²) < 4.78 is 0. The Morgan fingerprint density at radius 2 is 1.77 bits per heavy atom. The van der Waals surface area contributed by atoms with Crippen molar-refractivity contribution in [2.75, 3.05) is 0 Å². The molecule has 1 aliphatic carbocycles. The first-order valence-electron chi connectivity index (χ1n) is 6.92. The van der Waals surface area contributed by atoms with Crippen LogP contribution in [0.5, 0.6) is 0 Å². The van der Waals surface area contributed by atoms with Crippen molar-refractivity contribution in [1.82, 2.24) is 10.9 Å². The van der Waals surface area contributed by atoms with Crippen molar-refractivity contribution in [2.45, 2.75) is 26.7 Å². The van der Waals surface area contributed by atoms with Gasteiger partial charge in [-0.1, -0.05) is 17.2 Å². The maximum Gasteiger partial charge on any atom is 0.307 e. The van der Waals surface area contributed by atoms with Gasteiger partial charge in [0.1, 0.15) is 0 Å². The van der Waals surface area contributed by atoms with Gasteiger partial charge >= 0.3 is 5.97 Å². The Morgan fingerprint density at radius 3 is 2.32 bits per heavy atom. The van der Waals surface area contributed by atoms with E-state index in [4.69, 9.17) is 0 Å². The van der Waals surface area contributed by atoms with Crippen LogP contribution in [0.15, 0.2) is 28.7 Å². The molecule has 0 saturated heterocycles. The molecule has 3 N–H and O–H groups in total. The summed E-state index contributed by atoms with van der Waals surface area (Å²) in [7, 11) is 0. The van der Waals surface area contributed by atoms with Gasteiger partial charge in [-0.3, -0.25) is 25.2 Å². The fourth-order valence-corrected chi connectivity index (χ4v) is 3.13. The fourth-order valence-electron chi connectivity index (χ4n) is 2.51. The molecule has 2 rings (SSSR count). The lowest BCUT2D eigenvalue weighted by atomic mass is 9.76. The fraction of sp³-hybridized carbons (Fsp3) is 0.400. The normalized spacial score (nSPS) is 21.4. The van der Waals surface area contributed by atoms with Crippen LogP contribution in [0, 0.1) is 11.8 Å². The van der Waals surface area contributed by atoms with E-state index in [-0.39, 0.29) is 0 Å². The molecule has 1 aromatic heterocycles. The second-order valence-corrected chi connectivity index (χ2v) is 6.39. The van der Waals surface area contributed by atoms with Crippen molar-refractivity contribution in [3.05, 3.63) is 33.5 Å². The molecule has 6 nitrogen and oxygen atoms in total. The van der Waals surface area contributed by atoms with Gasteiger partial charge in [0.25, 0.3) is 5.91 Å². The van der Waals surface area contributed by atoms with Crippen LogP contribution in [0.4, 0.5) is 0 Å². The molecule has 0 aromatic carbocycles. The lowest BCUT2D eigenvalue weighted by molar-refractivity contribution is -0.147. The first-order chi connectivity index (χ1) is 10.4. The van der Waals surface area contributed by atoms with Crippen LogP contribution in [0.2, 0.25) is 0 Å². The number of carboxylic acid groups (broad SMARTS) is 1. The third kappa shape index (κ3) is 3.54. The maximum atomic E-state index is 12.2. The number of hydrazine groups is 1. The van der Waals surface area contributed by atoms with Crippen LogP contribution in [0.3, 0.4) is 0 Å². The minimum atomic E-state index is -0.989. The second kappa shape index (κ2) is 6.74. The van der Waals surface area contributed by atoms with E-state index in [0.717, 1.165) is 11.1 Å². The van der Waals surface area contributed by atoms with E-state index in [2.05, 4.69) is 10.9 Å². The van der Waals surface area contributed by atoms with E-state index in [0.29, 0.717) is 17.7 Å². The summed E-state index contributed by atoms with van der Waals surface area (Å²) in [6.45, 7) is 3.79. The summed E-state index contributed by atoms with van der Waals surface area (Å²) in [6, 6.07) is 3.38. The van der Waals surface area contributed by atoms with E-state index in [1.807, 2.05) is 13.8 Å². The highest BCUT2D eigenvalue weighted by Gasteiger charge is 2.37.